The lowest BCUT2D eigenvalue weighted by molar-refractivity contribution is -0.265. The number of rotatable bonds is 11. The Bertz CT molecular complexity index is 2290. The number of aryl methyl sites for hydroxylation is 1. The second-order valence-electron chi connectivity index (χ2n) is 12.8. The van der Waals surface area contributed by atoms with Crippen molar-refractivity contribution in [2.24, 2.45) is 0 Å². The van der Waals surface area contributed by atoms with Gasteiger partial charge < -0.3 is 49.1 Å². The monoisotopic (exact) mass is 731 g/mol. The minimum Gasteiger partial charge on any atom is -0.504 e. The molecular formula is C42H37NO11. The number of phenolic OH excluding ortho intramolecular Hbond substituents is 1. The van der Waals surface area contributed by atoms with Crippen molar-refractivity contribution in [1.29, 1.82) is 0 Å². The fourth-order valence-corrected chi connectivity index (χ4v) is 6.04. The average molecular weight is 732 g/mol. The number of hydrogen-bond donors (Lipinski definition) is 5. The second kappa shape index (κ2) is 15.8. The van der Waals surface area contributed by atoms with Crippen molar-refractivity contribution in [2.75, 3.05) is 5.32 Å². The number of ether oxygens (including phenoxy) is 4. The van der Waals surface area contributed by atoms with Crippen LogP contribution in [0.3, 0.4) is 0 Å². The molecule has 5 N–H and O–H groups in total. The third-order valence-corrected chi connectivity index (χ3v) is 8.88. The molecule has 0 spiro atoms. The smallest absolute Gasteiger partial charge is 0.256 e. The summed E-state index contributed by atoms with van der Waals surface area (Å²) in [6, 6.07) is 35.1. The predicted octanol–water partition coefficient (Wildman–Crippen LogP) is 5.46. The number of carbonyl (C=O) groups is 1. The zero-order valence-corrected chi connectivity index (χ0v) is 29.0. The van der Waals surface area contributed by atoms with Crippen LogP contribution < -0.4 is 25.0 Å². The van der Waals surface area contributed by atoms with Crippen molar-refractivity contribution in [3.05, 3.63) is 148 Å². The summed E-state index contributed by atoms with van der Waals surface area (Å²) in [5.41, 5.74) is 2.88. The first-order chi connectivity index (χ1) is 26.1. The molecule has 1 amide bonds. The Hall–Kier alpha value is -6.18. The molecule has 0 bridgehead atoms. The number of nitrogens with one attached hydrogen (secondary N) is 1. The van der Waals surface area contributed by atoms with Gasteiger partial charge in [-0.05, 0) is 60.0 Å². The van der Waals surface area contributed by atoms with Crippen molar-refractivity contribution in [2.45, 2.75) is 50.8 Å². The fourth-order valence-electron chi connectivity index (χ4n) is 6.04. The summed E-state index contributed by atoms with van der Waals surface area (Å²) in [4.78, 5) is 26.8. The van der Waals surface area contributed by atoms with Crippen LogP contribution in [0, 0.1) is 6.92 Å². The first-order valence-electron chi connectivity index (χ1n) is 17.2. The van der Waals surface area contributed by atoms with Gasteiger partial charge in [-0.2, -0.15) is 0 Å². The summed E-state index contributed by atoms with van der Waals surface area (Å²) in [5, 5.41) is 46.4. The molecule has 12 heteroatoms. The van der Waals surface area contributed by atoms with Gasteiger partial charge in [0, 0.05) is 23.4 Å². The maximum absolute atomic E-state index is 13.6. The standard InChI is InChI=1S/C42H37NO11/c1-24-9-8-14-28(19-24)43-41(49)40-37(47)36(46)38(48)42(54-40)53-33-21-32-34(35(45)39(33)51-23-26-12-6-3-7-13-26)30(44)20-31(52-32)27-15-17-29(18-16-27)50-22-25-10-4-2-5-11-25/h2-21,36-38,40,42,45-48H,22-23H2,1H3,(H,43,49). The van der Waals surface area contributed by atoms with Gasteiger partial charge in [-0.25, -0.2) is 0 Å². The predicted molar refractivity (Wildman–Crippen MR) is 198 cm³/mol. The summed E-state index contributed by atoms with van der Waals surface area (Å²) >= 11 is 0. The minimum atomic E-state index is -1.87. The van der Waals surface area contributed by atoms with Crippen LogP contribution in [-0.4, -0.2) is 57.0 Å². The summed E-state index contributed by atoms with van der Waals surface area (Å²) in [6.07, 6.45) is -8.99. The molecule has 0 radical (unpaired) electrons. The van der Waals surface area contributed by atoms with E-state index in [1.54, 1.807) is 66.7 Å². The van der Waals surface area contributed by atoms with E-state index in [-0.39, 0.29) is 34.8 Å². The quantitative estimate of drug-likeness (QED) is 0.114. The van der Waals surface area contributed by atoms with Crippen LogP contribution in [0.1, 0.15) is 16.7 Å². The lowest BCUT2D eigenvalue weighted by atomic mass is 9.98. The highest BCUT2D eigenvalue weighted by Gasteiger charge is 2.48. The molecular weight excluding hydrogens is 694 g/mol. The van der Waals surface area contributed by atoms with E-state index in [2.05, 4.69) is 5.32 Å². The Kier molecular flexibility index (Phi) is 10.6. The van der Waals surface area contributed by atoms with E-state index in [1.165, 1.54) is 12.1 Å². The number of phenols is 1. The molecule has 12 nitrogen and oxygen atoms in total. The van der Waals surface area contributed by atoms with Crippen LogP contribution in [0.5, 0.6) is 23.0 Å². The number of hydrogen-bond acceptors (Lipinski definition) is 11. The lowest BCUT2D eigenvalue weighted by Gasteiger charge is -2.39. The number of aliphatic hydroxyl groups excluding tert-OH is 3. The molecule has 0 aliphatic carbocycles. The SMILES string of the molecule is Cc1cccc(NC(=O)C2OC(Oc3cc4oc(-c5ccc(OCc6ccccc6)cc5)cc(=O)c4c(O)c3OCc3ccccc3)C(O)C(O)C2O)c1. The molecule has 5 aromatic carbocycles. The van der Waals surface area contributed by atoms with Gasteiger partial charge in [-0.1, -0.05) is 72.8 Å². The van der Waals surface area contributed by atoms with E-state index >= 15 is 0 Å². The van der Waals surface area contributed by atoms with Gasteiger partial charge in [0.1, 0.15) is 54.0 Å². The Morgan fingerprint density at radius 2 is 1.43 bits per heavy atom. The molecule has 0 saturated carbocycles. The largest absolute Gasteiger partial charge is 0.504 e. The molecule has 5 unspecified atom stereocenters. The van der Waals surface area contributed by atoms with E-state index in [0.717, 1.165) is 16.7 Å². The van der Waals surface area contributed by atoms with E-state index < -0.39 is 47.8 Å². The van der Waals surface area contributed by atoms with Gasteiger partial charge in [-0.3, -0.25) is 9.59 Å². The molecule has 1 aliphatic heterocycles. The molecule has 7 rings (SSSR count). The first-order valence-corrected chi connectivity index (χ1v) is 17.2. The van der Waals surface area contributed by atoms with Crippen LogP contribution in [-0.2, 0) is 22.7 Å². The Balaban J connectivity index is 1.20. The van der Waals surface area contributed by atoms with Crippen molar-refractivity contribution in [3.8, 4) is 34.3 Å². The highest BCUT2D eigenvalue weighted by atomic mass is 16.7. The van der Waals surface area contributed by atoms with Crippen LogP contribution in [0.25, 0.3) is 22.3 Å². The van der Waals surface area contributed by atoms with Gasteiger partial charge in [0.25, 0.3) is 5.91 Å². The summed E-state index contributed by atoms with van der Waals surface area (Å²) in [5.74, 6) is -1.17. The number of fused-ring (bicyclic) bond motifs is 1. The molecule has 1 fully saturated rings. The van der Waals surface area contributed by atoms with Crippen molar-refractivity contribution >= 4 is 22.6 Å². The van der Waals surface area contributed by atoms with Gasteiger partial charge in [0.15, 0.2) is 23.0 Å². The summed E-state index contributed by atoms with van der Waals surface area (Å²) in [6.45, 7) is 2.15. The van der Waals surface area contributed by atoms with Crippen LogP contribution >= 0.6 is 0 Å². The topological polar surface area (TPSA) is 177 Å². The maximum Gasteiger partial charge on any atom is 0.256 e. The zero-order valence-electron chi connectivity index (χ0n) is 29.0. The van der Waals surface area contributed by atoms with Crippen molar-refractivity contribution in [3.63, 3.8) is 0 Å². The first kappa shape index (κ1) is 36.2. The molecule has 54 heavy (non-hydrogen) atoms. The second-order valence-corrected chi connectivity index (χ2v) is 12.8. The average Bonchev–Trinajstić information content (AvgIpc) is 3.17. The highest BCUT2D eigenvalue weighted by molar-refractivity contribution is 5.95. The number of anilines is 1. The molecule has 1 aliphatic rings. The summed E-state index contributed by atoms with van der Waals surface area (Å²) in [7, 11) is 0. The lowest BCUT2D eigenvalue weighted by Crippen LogP contribution is -2.62. The third kappa shape index (κ3) is 7.92. The van der Waals surface area contributed by atoms with Gasteiger partial charge in [0.2, 0.25) is 12.0 Å². The molecule has 2 heterocycles. The number of amides is 1. The number of benzene rings is 5. The van der Waals surface area contributed by atoms with Gasteiger partial charge in [-0.15, -0.1) is 0 Å². The molecule has 276 valence electrons. The van der Waals surface area contributed by atoms with Gasteiger partial charge >= 0.3 is 0 Å². The highest BCUT2D eigenvalue weighted by Crippen LogP contribution is 2.44. The fraction of sp³-hybridized carbons (Fsp3) is 0.190. The Labute approximate surface area is 309 Å². The van der Waals surface area contributed by atoms with E-state index in [0.29, 0.717) is 23.6 Å². The molecule has 1 saturated heterocycles. The number of carbonyl (C=O) groups excluding carboxylic acids is 1. The summed E-state index contributed by atoms with van der Waals surface area (Å²) < 4.78 is 29.8. The molecule has 5 atom stereocenters. The molecule has 1 aromatic heterocycles. The zero-order chi connectivity index (χ0) is 37.8. The van der Waals surface area contributed by atoms with E-state index in [4.69, 9.17) is 23.4 Å². The third-order valence-electron chi connectivity index (χ3n) is 8.88. The van der Waals surface area contributed by atoms with E-state index in [1.807, 2.05) is 49.4 Å². The van der Waals surface area contributed by atoms with Crippen molar-refractivity contribution in [1.82, 2.24) is 0 Å². The Morgan fingerprint density at radius 3 is 2.09 bits per heavy atom. The minimum absolute atomic E-state index is 0.0602. The maximum atomic E-state index is 13.6. The van der Waals surface area contributed by atoms with Crippen molar-refractivity contribution < 1.29 is 48.6 Å². The van der Waals surface area contributed by atoms with Gasteiger partial charge in [0.05, 0.1) is 0 Å². The number of aliphatic hydroxyl groups is 3. The van der Waals surface area contributed by atoms with Crippen LogP contribution in [0.4, 0.5) is 5.69 Å². The normalized spacial score (nSPS) is 19.6. The van der Waals surface area contributed by atoms with Crippen LogP contribution in [0.15, 0.2) is 131 Å². The molecule has 6 aromatic rings. The number of aromatic hydroxyl groups is 1. The Morgan fingerprint density at radius 1 is 0.759 bits per heavy atom. The van der Waals surface area contributed by atoms with Crippen LogP contribution in [0.2, 0.25) is 0 Å². The van der Waals surface area contributed by atoms with E-state index in [9.17, 15) is 30.0 Å².